The number of primary amides is 1. The van der Waals surface area contributed by atoms with Crippen LogP contribution >= 0.6 is 0 Å². The van der Waals surface area contributed by atoms with Crippen LogP contribution in [-0.4, -0.2) is 31.1 Å². The Labute approximate surface area is 174 Å². The van der Waals surface area contributed by atoms with Gasteiger partial charge in [-0.3, -0.25) is 14.4 Å². The average molecular weight is 402 g/mol. The molecule has 0 spiro atoms. The number of nitrogens with zero attached hydrogens (tertiary/aromatic N) is 1. The second kappa shape index (κ2) is 9.38. The van der Waals surface area contributed by atoms with E-state index in [1.54, 1.807) is 84.7 Å². The maximum atomic E-state index is 12.7. The zero-order chi connectivity index (χ0) is 21.5. The summed E-state index contributed by atoms with van der Waals surface area (Å²) in [4.78, 5) is 38.4. The molecule has 3 aromatic carbocycles. The van der Waals surface area contributed by atoms with Crippen molar-refractivity contribution in [2.24, 2.45) is 5.73 Å². The second-order valence-electron chi connectivity index (χ2n) is 6.60. The normalized spacial score (nSPS) is 10.3. The summed E-state index contributed by atoms with van der Waals surface area (Å²) in [7, 11) is 1.72. The zero-order valence-corrected chi connectivity index (χ0v) is 16.4. The van der Waals surface area contributed by atoms with Gasteiger partial charge in [-0.15, -0.1) is 0 Å². The Hall–Kier alpha value is -4.13. The molecule has 0 aliphatic carbocycles. The highest BCUT2D eigenvalue weighted by atomic mass is 16.2. The van der Waals surface area contributed by atoms with Crippen LogP contribution < -0.4 is 21.3 Å². The molecule has 0 aromatic heterocycles. The molecule has 30 heavy (non-hydrogen) atoms. The third kappa shape index (κ3) is 5.02. The Kier molecular flexibility index (Phi) is 6.44. The fourth-order valence-electron chi connectivity index (χ4n) is 2.83. The Morgan fingerprint density at radius 1 is 0.700 bits per heavy atom. The second-order valence-corrected chi connectivity index (χ2v) is 6.60. The molecular weight excluding hydrogens is 380 g/mol. The molecule has 152 valence electrons. The van der Waals surface area contributed by atoms with Crippen LogP contribution in [0.3, 0.4) is 0 Å². The molecule has 0 heterocycles. The Morgan fingerprint density at radius 3 is 1.53 bits per heavy atom. The lowest BCUT2D eigenvalue weighted by Crippen LogP contribution is -2.57. The number of hydrogen-bond donors (Lipinski definition) is 3. The first kappa shape index (κ1) is 20.6. The first-order valence-corrected chi connectivity index (χ1v) is 9.30. The summed E-state index contributed by atoms with van der Waals surface area (Å²) in [5.74, 6) is -1.21. The van der Waals surface area contributed by atoms with E-state index in [9.17, 15) is 14.4 Å². The summed E-state index contributed by atoms with van der Waals surface area (Å²) in [6.45, 7) is 0. The molecule has 0 saturated heterocycles. The van der Waals surface area contributed by atoms with Gasteiger partial charge in [-0.1, -0.05) is 36.4 Å². The first-order valence-electron chi connectivity index (χ1n) is 9.30. The van der Waals surface area contributed by atoms with Crippen LogP contribution in [0.2, 0.25) is 0 Å². The SMILES string of the molecule is CN(c1ccc(C(N)=O)cc1)C(NC(=O)c1ccccc1)NC(=O)c1ccccc1. The van der Waals surface area contributed by atoms with E-state index in [2.05, 4.69) is 10.6 Å². The van der Waals surface area contributed by atoms with Gasteiger partial charge in [0.1, 0.15) is 0 Å². The summed E-state index contributed by atoms with van der Waals surface area (Å²) in [6, 6.07) is 24.0. The fourth-order valence-corrected chi connectivity index (χ4v) is 2.83. The van der Waals surface area contributed by atoms with Crippen molar-refractivity contribution in [3.8, 4) is 0 Å². The van der Waals surface area contributed by atoms with Gasteiger partial charge in [0.25, 0.3) is 11.8 Å². The van der Waals surface area contributed by atoms with E-state index in [0.717, 1.165) is 0 Å². The number of benzene rings is 3. The van der Waals surface area contributed by atoms with E-state index in [1.807, 2.05) is 12.1 Å². The minimum atomic E-state index is -0.843. The molecule has 7 heteroatoms. The fraction of sp³-hybridized carbons (Fsp3) is 0.0870. The van der Waals surface area contributed by atoms with Crippen LogP contribution in [0.25, 0.3) is 0 Å². The van der Waals surface area contributed by atoms with Crippen LogP contribution in [0.1, 0.15) is 31.1 Å². The summed E-state index contributed by atoms with van der Waals surface area (Å²) >= 11 is 0. The molecule has 0 fully saturated rings. The minimum Gasteiger partial charge on any atom is -0.366 e. The van der Waals surface area contributed by atoms with Crippen molar-refractivity contribution in [2.45, 2.75) is 6.29 Å². The van der Waals surface area contributed by atoms with E-state index in [0.29, 0.717) is 22.4 Å². The number of carbonyl (C=O) groups excluding carboxylic acids is 3. The van der Waals surface area contributed by atoms with Gasteiger partial charge in [-0.05, 0) is 48.5 Å². The largest absolute Gasteiger partial charge is 0.366 e. The smallest absolute Gasteiger partial charge is 0.254 e. The molecule has 0 bridgehead atoms. The van der Waals surface area contributed by atoms with E-state index in [1.165, 1.54) is 0 Å². The summed E-state index contributed by atoms with van der Waals surface area (Å²) < 4.78 is 0. The third-order valence-electron chi connectivity index (χ3n) is 4.55. The predicted octanol–water partition coefficient (Wildman–Crippen LogP) is 2.37. The van der Waals surface area contributed by atoms with E-state index in [4.69, 9.17) is 5.73 Å². The molecule has 4 N–H and O–H groups in total. The lowest BCUT2D eigenvalue weighted by Gasteiger charge is -2.31. The number of nitrogens with one attached hydrogen (secondary N) is 2. The lowest BCUT2D eigenvalue weighted by molar-refractivity contribution is 0.0882. The highest BCUT2D eigenvalue weighted by molar-refractivity contribution is 5.97. The minimum absolute atomic E-state index is 0.338. The van der Waals surface area contributed by atoms with E-state index in [-0.39, 0.29) is 11.8 Å². The average Bonchev–Trinajstić information content (AvgIpc) is 2.79. The number of carbonyl (C=O) groups is 3. The topological polar surface area (TPSA) is 105 Å². The van der Waals surface area contributed by atoms with Crippen molar-refractivity contribution in [3.05, 3.63) is 102 Å². The van der Waals surface area contributed by atoms with Crippen molar-refractivity contribution in [2.75, 3.05) is 11.9 Å². The summed E-state index contributed by atoms with van der Waals surface area (Å²) in [6.07, 6.45) is -0.843. The van der Waals surface area contributed by atoms with Crippen molar-refractivity contribution >= 4 is 23.4 Å². The van der Waals surface area contributed by atoms with Crippen LogP contribution in [0, 0.1) is 0 Å². The molecule has 0 aliphatic heterocycles. The van der Waals surface area contributed by atoms with Gasteiger partial charge in [-0.25, -0.2) is 0 Å². The molecule has 0 atom stereocenters. The summed E-state index contributed by atoms with van der Waals surface area (Å²) in [5, 5.41) is 5.67. The molecule has 3 rings (SSSR count). The van der Waals surface area contributed by atoms with Crippen LogP contribution in [-0.2, 0) is 0 Å². The van der Waals surface area contributed by atoms with Gasteiger partial charge < -0.3 is 21.3 Å². The first-order chi connectivity index (χ1) is 14.5. The third-order valence-corrected chi connectivity index (χ3v) is 4.55. The van der Waals surface area contributed by atoms with Crippen molar-refractivity contribution in [3.63, 3.8) is 0 Å². The molecule has 3 amide bonds. The number of amides is 3. The molecule has 3 aromatic rings. The zero-order valence-electron chi connectivity index (χ0n) is 16.4. The van der Waals surface area contributed by atoms with Crippen LogP contribution in [0.5, 0.6) is 0 Å². The van der Waals surface area contributed by atoms with Gasteiger partial charge >= 0.3 is 0 Å². The maximum Gasteiger partial charge on any atom is 0.254 e. The molecule has 0 radical (unpaired) electrons. The summed E-state index contributed by atoms with van der Waals surface area (Å²) in [5.41, 5.74) is 7.27. The quantitative estimate of drug-likeness (QED) is 0.528. The van der Waals surface area contributed by atoms with Crippen molar-refractivity contribution in [1.82, 2.24) is 10.6 Å². The highest BCUT2D eigenvalue weighted by Gasteiger charge is 2.21. The molecule has 0 unspecified atom stereocenters. The van der Waals surface area contributed by atoms with Crippen LogP contribution in [0.4, 0.5) is 5.69 Å². The molecule has 7 nitrogen and oxygen atoms in total. The number of rotatable bonds is 7. The van der Waals surface area contributed by atoms with Crippen molar-refractivity contribution < 1.29 is 14.4 Å². The molecule has 0 aliphatic rings. The maximum absolute atomic E-state index is 12.7. The van der Waals surface area contributed by atoms with E-state index < -0.39 is 12.2 Å². The van der Waals surface area contributed by atoms with Crippen LogP contribution in [0.15, 0.2) is 84.9 Å². The predicted molar refractivity (Wildman–Crippen MR) is 115 cm³/mol. The number of anilines is 1. The monoisotopic (exact) mass is 402 g/mol. The highest BCUT2D eigenvalue weighted by Crippen LogP contribution is 2.15. The van der Waals surface area contributed by atoms with E-state index >= 15 is 0 Å². The Balaban J connectivity index is 1.84. The van der Waals surface area contributed by atoms with Gasteiger partial charge in [0.2, 0.25) is 5.91 Å². The number of nitrogens with two attached hydrogens (primary N) is 1. The number of hydrogen-bond acceptors (Lipinski definition) is 4. The van der Waals surface area contributed by atoms with Crippen molar-refractivity contribution in [1.29, 1.82) is 0 Å². The lowest BCUT2D eigenvalue weighted by atomic mass is 10.2. The van der Waals surface area contributed by atoms with Gasteiger partial charge in [0, 0.05) is 29.4 Å². The van der Waals surface area contributed by atoms with Gasteiger partial charge in [0.15, 0.2) is 6.29 Å². The molecular formula is C23H22N4O3. The Morgan fingerprint density at radius 2 is 1.13 bits per heavy atom. The van der Waals surface area contributed by atoms with Gasteiger partial charge in [0.05, 0.1) is 0 Å². The Bertz CT molecular complexity index is 968. The standard InChI is InChI=1S/C23H22N4O3/c1-27(19-14-12-16(13-15-19)20(24)28)23(25-21(29)17-8-4-2-5-9-17)26-22(30)18-10-6-3-7-11-18/h2-15,23H,1H3,(H2,24,28)(H,25,29)(H,26,30). The molecule has 0 saturated carbocycles. The van der Waals surface area contributed by atoms with Gasteiger partial charge in [-0.2, -0.15) is 0 Å².